The molecule has 5 aliphatic carbocycles. The monoisotopic (exact) mass is 1850 g/mol. The van der Waals surface area contributed by atoms with Crippen LogP contribution in [0.3, 0.4) is 0 Å². The normalized spacial score (nSPS) is 36.2. The van der Waals surface area contributed by atoms with Gasteiger partial charge in [-0.3, -0.25) is 44.7 Å². The first-order chi connectivity index (χ1) is 64.9. The first kappa shape index (κ1) is 94.0. The Morgan fingerprint density at radius 2 is 0.676 bits per heavy atom. The average Bonchev–Trinajstić information content (AvgIpc) is 1.54. The number of piperidine rings is 5. The van der Waals surface area contributed by atoms with Crippen molar-refractivity contribution in [2.24, 2.45) is 124 Å². The van der Waals surface area contributed by atoms with E-state index in [2.05, 4.69) is 231 Å². The molecule has 10 fully saturated rings. The van der Waals surface area contributed by atoms with Crippen molar-refractivity contribution >= 4 is 65.9 Å². The molecule has 20 heteroatoms. The minimum Gasteiger partial charge on any atom is -0.393 e. The van der Waals surface area contributed by atoms with Gasteiger partial charge in [-0.2, -0.15) is 0 Å². The second-order valence-corrected chi connectivity index (χ2v) is 47.5. The van der Waals surface area contributed by atoms with Gasteiger partial charge >= 0.3 is 0 Å². The summed E-state index contributed by atoms with van der Waals surface area (Å²) in [6.07, 6.45) is 25.1. The number of aliphatic hydroxyl groups is 4. The number of nitrogens with zero attached hydrogens (tertiary/aromatic N) is 12. The molecule has 4 N–H and O–H groups in total. The summed E-state index contributed by atoms with van der Waals surface area (Å²) in [7, 11) is 10.8. The van der Waals surface area contributed by atoms with E-state index >= 15 is 0 Å². The number of non-ortho nitro benzene ring substituents is 2. The third-order valence-corrected chi connectivity index (χ3v) is 40.8. The zero-order chi connectivity index (χ0) is 95.6. The van der Waals surface area contributed by atoms with Crippen LogP contribution in [0.1, 0.15) is 240 Å². The number of hydrogen-bond donors (Lipinski definition) is 4. The molecule has 20 nitrogen and oxygen atoms in total. The van der Waals surface area contributed by atoms with Gasteiger partial charge in [-0.25, -0.2) is 0 Å². The van der Waals surface area contributed by atoms with E-state index in [1.165, 1.54) is 166 Å². The Labute approximate surface area is 807 Å². The van der Waals surface area contributed by atoms with Crippen LogP contribution in [0.25, 0.3) is 54.5 Å². The predicted octanol–water partition coefficient (Wildman–Crippen LogP) is 21.0. The van der Waals surface area contributed by atoms with E-state index in [0.29, 0.717) is 59.2 Å². The maximum absolute atomic E-state index is 11.7. The Kier molecular flexibility index (Phi) is 24.1. The Bertz CT molecular complexity index is 6440. The number of aliphatic hydroxyl groups excluding tert-OH is 4. The lowest BCUT2D eigenvalue weighted by Crippen LogP contribution is -2.59. The zero-order valence-electron chi connectivity index (χ0n) is 85.2. The number of para-hydroxylation sites is 3. The summed E-state index contributed by atoms with van der Waals surface area (Å²) >= 11 is 0. The van der Waals surface area contributed by atoms with E-state index in [0.717, 1.165) is 155 Å². The highest BCUT2D eigenvalue weighted by atomic mass is 16.6. The van der Waals surface area contributed by atoms with E-state index in [-0.39, 0.29) is 79.2 Å². The molecule has 0 bridgehead atoms. The lowest BCUT2D eigenvalue weighted by molar-refractivity contribution is -0.383. The number of nitro groups is 2. The number of aryl methyl sites for hydroxylation is 7. The molecule has 25 rings (SSSR count). The van der Waals surface area contributed by atoms with Gasteiger partial charge in [0.2, 0.25) is 0 Å². The van der Waals surface area contributed by atoms with Gasteiger partial charge in [-0.05, 0) is 330 Å². The van der Waals surface area contributed by atoms with Crippen LogP contribution in [0.5, 0.6) is 0 Å². The van der Waals surface area contributed by atoms with Gasteiger partial charge in [0.1, 0.15) is 11.0 Å². The second kappa shape index (κ2) is 34.9. The van der Waals surface area contributed by atoms with Crippen molar-refractivity contribution in [3.8, 4) is 0 Å². The van der Waals surface area contributed by atoms with Crippen LogP contribution in [0.2, 0.25) is 0 Å². The third-order valence-electron chi connectivity index (χ3n) is 40.8. The Balaban J connectivity index is 0.000000102. The van der Waals surface area contributed by atoms with Crippen molar-refractivity contribution in [2.75, 3.05) is 65.4 Å². The van der Waals surface area contributed by atoms with Crippen molar-refractivity contribution in [3.05, 3.63) is 208 Å². The summed E-state index contributed by atoms with van der Waals surface area (Å²) < 4.78 is 11.7. The SMILES string of the molecule is C/C=C1\CC2CN3CCc4c(n(C)c5c([N+](=O)[O-])cccc45)[C@]3(C)CC2[C@@H](C)C1O.C/C=C1\CC2CN3CCc4c(n(C)c5ccc(C)cc45)[C@]3(C)CC2[C@@H](C)C1O.C[C@H]1C(O)CCC2CN3CCc4c(n(C)c5c([N+](=O)[O-])cccc45)[C@]3(C)CC21.C[C@H]1CCCC2CN3CCc4c(n(C)c5ccccc45)[C@]3(C)CC21.Cc1ccc2c(c1)c1c(n2C)[C@]2(C)CC3C(CCC(O)[C@@H]3C)CN2CC1. The molecule has 0 amide bonds. The lowest BCUT2D eigenvalue weighted by atomic mass is 9.61. The molecule has 0 spiro atoms. The zero-order valence-corrected chi connectivity index (χ0v) is 85.2. The number of hydrogen-bond acceptors (Lipinski definition) is 13. The van der Waals surface area contributed by atoms with Crippen LogP contribution in [-0.4, -0.2) is 167 Å². The van der Waals surface area contributed by atoms with Crippen LogP contribution in [-0.2, 0) is 95.0 Å². The van der Waals surface area contributed by atoms with Crippen molar-refractivity contribution in [1.29, 1.82) is 0 Å². The Morgan fingerprint density at radius 1 is 0.360 bits per heavy atom. The molecule has 0 radical (unpaired) electrons. The molecule has 728 valence electrons. The Morgan fingerprint density at radius 3 is 1.05 bits per heavy atom. The first-order valence-corrected chi connectivity index (χ1v) is 53.0. The van der Waals surface area contributed by atoms with Crippen LogP contribution in [0, 0.1) is 123 Å². The minimum atomic E-state index is -0.358. The molecule has 24 atom stereocenters. The quantitative estimate of drug-likeness (QED) is 0.0722. The van der Waals surface area contributed by atoms with E-state index in [9.17, 15) is 40.7 Å². The number of nitro benzene ring substituents is 2. The summed E-state index contributed by atoms with van der Waals surface area (Å²) in [6, 6.07) is 33.8. The number of aromatic nitrogens is 5. The highest BCUT2D eigenvalue weighted by Crippen LogP contribution is 2.61. The van der Waals surface area contributed by atoms with Crippen molar-refractivity contribution in [3.63, 3.8) is 0 Å². The summed E-state index contributed by atoms with van der Waals surface area (Å²) in [5.74, 6) is 8.91. The average molecular weight is 1850 g/mol. The molecule has 15 heterocycles. The van der Waals surface area contributed by atoms with Crippen LogP contribution in [0.15, 0.2) is 120 Å². The molecule has 5 aromatic heterocycles. The number of benzene rings is 5. The fourth-order valence-corrected chi connectivity index (χ4v) is 33.7. The van der Waals surface area contributed by atoms with Gasteiger partial charge in [0, 0.05) is 185 Å². The standard InChI is InChI=1S/C25H34N2O.C24H31N3O3.C23H32N2O.C22H29N3O3.C22H30N2/c1-6-17-12-18-14-27-10-9-19-20-11-15(2)7-8-22(20)26(5)24(19)25(27,4)13-21(18)16(3)23(17)28;1-5-15-11-16-13-26-10-9-18-17-7-6-8-20(27(29)30)21(17)25(4)23(18)24(26,3)12-19(16)14(2)22(15)28;1-14-5-7-20-18(11-14)17-9-10-25-13-16-6-8-21(26)15(2)19(16)12-23(25,3)22(17)24(20)4;1-13-17-11-22(2)21-16(9-10-24(22)12-14(17)7-8-19(13)26)15-5-4-6-18(25(27)28)20(15)23(21)3;1-15-7-6-8-16-14-24-12-11-18-17-9-4-5-10-20(17)23(3)21(18)22(24,2)13-19(15)16/h6-8,11,16,18,21,23,28H,9-10,12-14H2,1-5H3;5-8,14,16,19,22,28H,9-13H2,1-4H3;5,7,11,15-16,19,21,26H,6,8-10,12-13H2,1-4H3;4-6,13-14,17,19,26H,7-12H2,1-3H3;4-5,9-10,15-16,19H,6-8,11-14H2,1-3H3/b17-6+;15-5+;;;/t16-,18?,21?,23?,25+;14-,16?,19?,22?,24+;15-,16?,19?,21?,23+;13-,14?,17?,19?,22+;15-,16?,19?,22-/m11110/s1. The van der Waals surface area contributed by atoms with Gasteiger partial charge in [0.25, 0.3) is 11.4 Å². The van der Waals surface area contributed by atoms with Crippen molar-refractivity contribution in [2.45, 2.75) is 271 Å². The van der Waals surface area contributed by atoms with Gasteiger partial charge in [0.15, 0.2) is 0 Å². The van der Waals surface area contributed by atoms with E-state index < -0.39 is 0 Å². The fourth-order valence-electron chi connectivity index (χ4n) is 33.7. The number of rotatable bonds is 2. The molecule has 10 aromatic rings. The Hall–Kier alpha value is -8.28. The second-order valence-electron chi connectivity index (χ2n) is 47.5. The highest BCUT2D eigenvalue weighted by molar-refractivity contribution is 5.95. The maximum atomic E-state index is 11.7. The summed E-state index contributed by atoms with van der Waals surface area (Å²) in [5, 5.41) is 72.5. The van der Waals surface area contributed by atoms with E-state index in [4.69, 9.17) is 0 Å². The van der Waals surface area contributed by atoms with Gasteiger partial charge in [-0.1, -0.05) is 125 Å². The molecular weight excluding hydrogens is 1690 g/mol. The molecule has 15 aliphatic rings. The summed E-state index contributed by atoms with van der Waals surface area (Å²) in [6.45, 7) is 43.5. The predicted molar refractivity (Wildman–Crippen MR) is 547 cm³/mol. The minimum absolute atomic E-state index is 0.0673. The van der Waals surface area contributed by atoms with E-state index in [1.54, 1.807) is 34.5 Å². The number of allylic oxidation sites excluding steroid dienone is 2. The van der Waals surface area contributed by atoms with Crippen molar-refractivity contribution < 1.29 is 30.3 Å². The van der Waals surface area contributed by atoms with Crippen molar-refractivity contribution in [1.82, 2.24) is 47.3 Å². The lowest BCUT2D eigenvalue weighted by Gasteiger charge is -2.57. The first-order valence-electron chi connectivity index (χ1n) is 53.0. The number of fused-ring (bicyclic) bond motifs is 30. The molecule has 136 heavy (non-hydrogen) atoms. The molecular formula is C116H156N12O8. The van der Waals surface area contributed by atoms with Crippen LogP contribution in [0.4, 0.5) is 11.4 Å². The highest BCUT2D eigenvalue weighted by Gasteiger charge is 2.59. The van der Waals surface area contributed by atoms with Gasteiger partial charge in [-0.15, -0.1) is 0 Å². The topological polar surface area (TPSA) is 208 Å². The molecule has 5 saturated heterocycles. The summed E-state index contributed by atoms with van der Waals surface area (Å²) in [5.41, 5.74) is 25.8. The molecule has 5 aromatic carbocycles. The molecule has 14 unspecified atom stereocenters. The largest absolute Gasteiger partial charge is 0.393 e. The molecule has 10 aliphatic heterocycles. The third kappa shape index (κ3) is 14.5. The smallest absolute Gasteiger partial charge is 0.293 e. The van der Waals surface area contributed by atoms with Crippen LogP contribution < -0.4 is 0 Å². The molecule has 5 saturated carbocycles. The van der Waals surface area contributed by atoms with Crippen LogP contribution >= 0.6 is 0 Å². The van der Waals surface area contributed by atoms with E-state index in [1.807, 2.05) is 45.3 Å². The van der Waals surface area contributed by atoms with Gasteiger partial charge in [0.05, 0.1) is 62.0 Å². The van der Waals surface area contributed by atoms with Gasteiger partial charge < -0.3 is 43.3 Å². The maximum Gasteiger partial charge on any atom is 0.293 e. The summed E-state index contributed by atoms with van der Waals surface area (Å²) in [4.78, 5) is 36.5. The fraction of sp³-hybridized carbons (Fsp3) is 0.621.